The van der Waals surface area contributed by atoms with E-state index in [0.29, 0.717) is 61.2 Å². The van der Waals surface area contributed by atoms with Gasteiger partial charge in [0.2, 0.25) is 5.13 Å². The fourth-order valence-electron chi connectivity index (χ4n) is 4.65. The molecule has 2 heterocycles. The summed E-state index contributed by atoms with van der Waals surface area (Å²) in [5, 5.41) is 20.0. The molecule has 3 aromatic rings. The first-order chi connectivity index (χ1) is 18.3. The number of benzene rings is 2. The number of hydrogen-bond acceptors (Lipinski definition) is 9. The summed E-state index contributed by atoms with van der Waals surface area (Å²) in [6.45, 7) is 1.97. The van der Waals surface area contributed by atoms with Crippen LogP contribution in [0.25, 0.3) is 0 Å². The van der Waals surface area contributed by atoms with Crippen LogP contribution in [0.4, 0.5) is 5.13 Å². The van der Waals surface area contributed by atoms with Crippen molar-refractivity contribution in [2.24, 2.45) is 5.73 Å². The van der Waals surface area contributed by atoms with E-state index in [1.54, 1.807) is 23.1 Å². The summed E-state index contributed by atoms with van der Waals surface area (Å²) in [5.41, 5.74) is 10.3. The van der Waals surface area contributed by atoms with Crippen LogP contribution in [0, 0.1) is 18.3 Å². The van der Waals surface area contributed by atoms with Crippen LogP contribution in [0.3, 0.4) is 0 Å². The van der Waals surface area contributed by atoms with E-state index in [4.69, 9.17) is 28.9 Å². The Balaban J connectivity index is 1.49. The van der Waals surface area contributed by atoms with E-state index >= 15 is 0 Å². The number of aromatic nitrogens is 2. The molecule has 0 bridgehead atoms. The fourth-order valence-corrected chi connectivity index (χ4v) is 6.95. The second-order valence-electron chi connectivity index (χ2n) is 8.91. The number of allylic oxidation sites excluding steroid dienone is 3. The number of ketones is 2. The Morgan fingerprint density at radius 2 is 1.97 bits per heavy atom. The van der Waals surface area contributed by atoms with E-state index < -0.39 is 5.92 Å². The molecule has 2 aromatic carbocycles. The summed E-state index contributed by atoms with van der Waals surface area (Å²) in [5.74, 6) is -0.384. The van der Waals surface area contributed by atoms with Gasteiger partial charge in [0, 0.05) is 33.3 Å². The third-order valence-electron chi connectivity index (χ3n) is 6.47. The molecule has 5 rings (SSSR count). The topological polar surface area (TPSA) is 113 Å². The molecule has 7 nitrogen and oxygen atoms in total. The van der Waals surface area contributed by atoms with Crippen LogP contribution in [0.1, 0.15) is 46.7 Å². The number of halogens is 2. The Kier molecular flexibility index (Phi) is 7.59. The van der Waals surface area contributed by atoms with Crippen LogP contribution in [0.15, 0.2) is 69.5 Å². The summed E-state index contributed by atoms with van der Waals surface area (Å²) in [4.78, 5) is 27.5. The molecule has 0 spiro atoms. The number of anilines is 1. The van der Waals surface area contributed by atoms with Crippen molar-refractivity contribution in [3.8, 4) is 6.07 Å². The second kappa shape index (κ2) is 10.9. The van der Waals surface area contributed by atoms with Crippen LogP contribution in [0.5, 0.6) is 0 Å². The number of Topliss-reactive ketones (excluding diaryl/α,β-unsaturated/α-hetero) is 2. The van der Waals surface area contributed by atoms with Crippen molar-refractivity contribution in [1.29, 1.82) is 5.26 Å². The van der Waals surface area contributed by atoms with E-state index in [0.717, 1.165) is 5.56 Å². The number of carbonyl (C=O) groups is 2. The Morgan fingerprint density at radius 1 is 1.21 bits per heavy atom. The fraction of sp³-hybridized carbons (Fsp3) is 0.222. The molecule has 1 aliphatic heterocycles. The van der Waals surface area contributed by atoms with Crippen molar-refractivity contribution in [2.45, 2.75) is 36.4 Å². The van der Waals surface area contributed by atoms with Crippen LogP contribution in [0.2, 0.25) is 10.0 Å². The number of nitrogens with two attached hydrogens (primary N) is 1. The summed E-state index contributed by atoms with van der Waals surface area (Å²) in [6, 6.07) is 14.6. The molecular formula is C27H21Cl2N5O2S2. The molecule has 1 aromatic heterocycles. The maximum Gasteiger partial charge on any atom is 0.219 e. The van der Waals surface area contributed by atoms with Gasteiger partial charge in [-0.05, 0) is 37.5 Å². The molecule has 0 saturated carbocycles. The predicted octanol–water partition coefficient (Wildman–Crippen LogP) is 6.43. The number of nitriles is 1. The summed E-state index contributed by atoms with van der Waals surface area (Å²) in [6.07, 6.45) is 1.59. The zero-order valence-electron chi connectivity index (χ0n) is 20.2. The molecule has 0 saturated heterocycles. The minimum Gasteiger partial charge on any atom is -0.384 e. The van der Waals surface area contributed by atoms with Crippen molar-refractivity contribution in [3.63, 3.8) is 0 Å². The minimum atomic E-state index is -0.697. The zero-order chi connectivity index (χ0) is 27.0. The van der Waals surface area contributed by atoms with Gasteiger partial charge in [0.25, 0.3) is 0 Å². The quantitative estimate of drug-likeness (QED) is 0.261. The average Bonchev–Trinajstić information content (AvgIpc) is 3.36. The Bertz CT molecular complexity index is 1560. The van der Waals surface area contributed by atoms with Gasteiger partial charge in [0.15, 0.2) is 15.9 Å². The lowest BCUT2D eigenvalue weighted by molar-refractivity contribution is -0.116. The molecule has 0 fully saturated rings. The van der Waals surface area contributed by atoms with Crippen molar-refractivity contribution in [2.75, 3.05) is 10.7 Å². The first kappa shape index (κ1) is 26.4. The maximum atomic E-state index is 13.3. The largest absolute Gasteiger partial charge is 0.384 e. The third-order valence-corrected chi connectivity index (χ3v) is 9.08. The highest BCUT2D eigenvalue weighted by atomic mass is 35.5. The van der Waals surface area contributed by atoms with E-state index in [1.165, 1.54) is 23.1 Å². The van der Waals surface area contributed by atoms with Crippen LogP contribution in [-0.2, 0) is 4.79 Å². The second-order valence-corrected chi connectivity index (χ2v) is 11.9. The normalized spacial score (nSPS) is 17.5. The van der Waals surface area contributed by atoms with Gasteiger partial charge >= 0.3 is 0 Å². The molecule has 1 aliphatic carbocycles. The smallest absolute Gasteiger partial charge is 0.219 e. The third kappa shape index (κ3) is 4.97. The first-order valence-corrected chi connectivity index (χ1v) is 14.3. The summed E-state index contributed by atoms with van der Waals surface area (Å²) < 4.78 is 0.582. The molecule has 2 aliphatic rings. The van der Waals surface area contributed by atoms with Crippen molar-refractivity contribution in [3.05, 3.63) is 91.9 Å². The van der Waals surface area contributed by atoms with Gasteiger partial charge in [-0.25, -0.2) is 0 Å². The maximum absolute atomic E-state index is 13.3. The molecular weight excluding hydrogens is 561 g/mol. The molecule has 0 radical (unpaired) electrons. The predicted molar refractivity (Wildman–Crippen MR) is 151 cm³/mol. The van der Waals surface area contributed by atoms with Crippen LogP contribution in [-0.4, -0.2) is 27.5 Å². The highest BCUT2D eigenvalue weighted by molar-refractivity contribution is 8.01. The highest BCUT2D eigenvalue weighted by Crippen LogP contribution is 2.48. The molecule has 38 heavy (non-hydrogen) atoms. The lowest BCUT2D eigenvalue weighted by Crippen LogP contribution is -2.38. The summed E-state index contributed by atoms with van der Waals surface area (Å²) >= 11 is 15.2. The van der Waals surface area contributed by atoms with Gasteiger partial charge in [-0.15, -0.1) is 10.2 Å². The number of thioether (sulfide) groups is 1. The summed E-state index contributed by atoms with van der Waals surface area (Å²) in [7, 11) is 0. The molecule has 192 valence electrons. The van der Waals surface area contributed by atoms with Crippen molar-refractivity contribution in [1.82, 2.24) is 10.2 Å². The SMILES string of the molecule is Cc1ccc(C(=O)CSc2nnc(N3C(N)=C(C#N)C(c4ccc(Cl)cc4Cl)C4=C3CCCC4=O)s2)cc1. The van der Waals surface area contributed by atoms with Gasteiger partial charge in [-0.1, -0.05) is 82.2 Å². The number of rotatable bonds is 6. The molecule has 1 unspecified atom stereocenters. The zero-order valence-corrected chi connectivity index (χ0v) is 23.3. The number of nitrogens with zero attached hydrogens (tertiary/aromatic N) is 4. The van der Waals surface area contributed by atoms with Crippen LogP contribution >= 0.6 is 46.3 Å². The van der Waals surface area contributed by atoms with Crippen molar-refractivity contribution < 1.29 is 9.59 Å². The number of hydrogen-bond donors (Lipinski definition) is 1. The Labute approximate surface area is 237 Å². The van der Waals surface area contributed by atoms with E-state index in [2.05, 4.69) is 16.3 Å². The van der Waals surface area contributed by atoms with E-state index in [-0.39, 0.29) is 28.7 Å². The standard InChI is InChI=1S/C27H21Cl2N5O2S2/c1-14-5-7-15(8-6-14)22(36)13-37-27-33-32-26(38-27)34-20-3-2-4-21(35)24(20)23(18(12-30)25(34)31)17-10-9-16(28)11-19(17)29/h5-11,23H,2-4,13,31H2,1H3. The number of carbonyl (C=O) groups excluding carboxylic acids is 2. The lowest BCUT2D eigenvalue weighted by Gasteiger charge is -2.38. The minimum absolute atomic E-state index is 0.0125. The highest BCUT2D eigenvalue weighted by Gasteiger charge is 2.42. The van der Waals surface area contributed by atoms with E-state index in [1.807, 2.05) is 31.2 Å². The van der Waals surface area contributed by atoms with Gasteiger partial charge in [0.05, 0.1) is 23.3 Å². The Hall–Kier alpha value is -3.16. The van der Waals surface area contributed by atoms with Gasteiger partial charge < -0.3 is 5.73 Å². The number of aryl methyl sites for hydroxylation is 1. The Morgan fingerprint density at radius 3 is 2.68 bits per heavy atom. The first-order valence-electron chi connectivity index (χ1n) is 11.8. The molecule has 2 N–H and O–H groups in total. The van der Waals surface area contributed by atoms with Gasteiger partial charge in [-0.2, -0.15) is 5.26 Å². The van der Waals surface area contributed by atoms with Gasteiger partial charge in [0.1, 0.15) is 5.82 Å². The average molecular weight is 583 g/mol. The molecule has 1 atom stereocenters. The van der Waals surface area contributed by atoms with Crippen LogP contribution < -0.4 is 10.6 Å². The molecule has 0 amide bonds. The lowest BCUT2D eigenvalue weighted by atomic mass is 9.76. The monoisotopic (exact) mass is 581 g/mol. The van der Waals surface area contributed by atoms with E-state index in [9.17, 15) is 14.9 Å². The van der Waals surface area contributed by atoms with Crippen molar-refractivity contribution >= 4 is 63.0 Å². The van der Waals surface area contributed by atoms with Gasteiger partial charge in [-0.3, -0.25) is 14.5 Å². The molecule has 11 heteroatoms.